The summed E-state index contributed by atoms with van der Waals surface area (Å²) in [7, 11) is 2.52. The summed E-state index contributed by atoms with van der Waals surface area (Å²) in [5, 5.41) is 9.49. The van der Waals surface area contributed by atoms with Crippen LogP contribution in [0.1, 0.15) is 44.6 Å². The van der Waals surface area contributed by atoms with E-state index in [1.54, 1.807) is 26.8 Å². The molecule has 10 nitrogen and oxygen atoms in total. The van der Waals surface area contributed by atoms with Crippen molar-refractivity contribution in [1.82, 2.24) is 14.1 Å². The number of hydrogen-bond acceptors (Lipinski definition) is 7. The molecule has 0 spiro atoms. The molecule has 3 N–H and O–H groups in total. The number of esters is 1. The van der Waals surface area contributed by atoms with Gasteiger partial charge in [-0.15, -0.1) is 0 Å². The largest absolute Gasteiger partial charge is 0.462 e. The van der Waals surface area contributed by atoms with Crippen LogP contribution in [0.2, 0.25) is 0 Å². The molecular weight excluding hydrogens is 378 g/mol. The molecule has 2 aromatic heterocycles. The van der Waals surface area contributed by atoms with Crippen molar-refractivity contribution in [2.45, 2.75) is 20.8 Å². The second-order valence-corrected chi connectivity index (χ2v) is 6.35. The molecule has 29 heavy (non-hydrogen) atoms. The SMILES string of the molecule is CCOC(=O)c1c(C)[nH]c(/C=C(\C#N)C(=O)c2c(N)n(C)c(=O)n(C)c2=O)c1C. The zero-order chi connectivity index (χ0) is 22.0. The molecule has 152 valence electrons. The fraction of sp³-hybridized carbons (Fsp3) is 0.316. The molecule has 0 aromatic carbocycles. The number of ketones is 1. The molecule has 2 aromatic rings. The normalized spacial score (nSPS) is 11.2. The maximum atomic E-state index is 12.9. The number of nitriles is 1. The highest BCUT2D eigenvalue weighted by atomic mass is 16.5. The van der Waals surface area contributed by atoms with Gasteiger partial charge in [0.1, 0.15) is 23.0 Å². The second-order valence-electron chi connectivity index (χ2n) is 6.35. The Morgan fingerprint density at radius 3 is 2.38 bits per heavy atom. The molecule has 10 heteroatoms. The Morgan fingerprint density at radius 2 is 1.83 bits per heavy atom. The molecule has 0 saturated carbocycles. The second kappa shape index (κ2) is 8.02. The molecule has 0 bridgehead atoms. The molecule has 0 saturated heterocycles. The zero-order valence-electron chi connectivity index (χ0n) is 16.7. The van der Waals surface area contributed by atoms with E-state index in [1.165, 1.54) is 20.2 Å². The van der Waals surface area contributed by atoms with Gasteiger partial charge in [-0.3, -0.25) is 18.7 Å². The lowest BCUT2D eigenvalue weighted by atomic mass is 10.0. The van der Waals surface area contributed by atoms with Gasteiger partial charge in [-0.05, 0) is 32.4 Å². The minimum atomic E-state index is -0.925. The highest BCUT2D eigenvalue weighted by Crippen LogP contribution is 2.22. The number of hydrogen-bond donors (Lipinski definition) is 2. The average molecular weight is 399 g/mol. The van der Waals surface area contributed by atoms with E-state index in [0.717, 1.165) is 9.13 Å². The molecule has 2 rings (SSSR count). The third-order valence-corrected chi connectivity index (χ3v) is 4.55. The molecule has 0 aliphatic carbocycles. The average Bonchev–Trinajstić information content (AvgIpc) is 2.96. The van der Waals surface area contributed by atoms with E-state index < -0.39 is 28.6 Å². The first-order valence-corrected chi connectivity index (χ1v) is 8.64. The number of anilines is 1. The van der Waals surface area contributed by atoms with Crippen LogP contribution < -0.4 is 17.0 Å². The van der Waals surface area contributed by atoms with Crippen LogP contribution in [-0.2, 0) is 18.8 Å². The first-order valence-electron chi connectivity index (χ1n) is 8.64. The lowest BCUT2D eigenvalue weighted by molar-refractivity contribution is 0.0525. The lowest BCUT2D eigenvalue weighted by Crippen LogP contribution is -2.41. The predicted molar refractivity (Wildman–Crippen MR) is 105 cm³/mol. The Hall–Kier alpha value is -3.87. The van der Waals surface area contributed by atoms with Crippen LogP contribution in [0.4, 0.5) is 5.82 Å². The Kier molecular flexibility index (Phi) is 5.92. The number of aryl methyl sites for hydroxylation is 1. The molecule has 0 aliphatic heterocycles. The number of nitrogens with two attached hydrogens (primary N) is 1. The number of Topliss-reactive ketones (excluding diaryl/α,β-unsaturated/α-hetero) is 1. The van der Waals surface area contributed by atoms with E-state index in [0.29, 0.717) is 22.5 Å². The third-order valence-electron chi connectivity index (χ3n) is 4.55. The lowest BCUT2D eigenvalue weighted by Gasteiger charge is -2.10. The molecule has 0 amide bonds. The van der Waals surface area contributed by atoms with Gasteiger partial charge in [0, 0.05) is 25.5 Å². The summed E-state index contributed by atoms with van der Waals surface area (Å²) in [6.07, 6.45) is 1.23. The number of nitrogens with one attached hydrogen (secondary N) is 1. The minimum Gasteiger partial charge on any atom is -0.462 e. The Bertz CT molecular complexity index is 1200. The van der Waals surface area contributed by atoms with Gasteiger partial charge in [-0.1, -0.05) is 0 Å². The number of allylic oxidation sites excluding steroid dienone is 1. The van der Waals surface area contributed by atoms with Gasteiger partial charge >= 0.3 is 11.7 Å². The van der Waals surface area contributed by atoms with Crippen molar-refractivity contribution in [2.75, 3.05) is 12.3 Å². The smallest absolute Gasteiger partial charge is 0.340 e. The maximum Gasteiger partial charge on any atom is 0.340 e. The van der Waals surface area contributed by atoms with Crippen LogP contribution in [-0.4, -0.2) is 32.5 Å². The topological polar surface area (TPSA) is 153 Å². The number of rotatable bonds is 5. The van der Waals surface area contributed by atoms with E-state index in [1.807, 2.05) is 0 Å². The van der Waals surface area contributed by atoms with E-state index in [-0.39, 0.29) is 18.0 Å². The summed E-state index contributed by atoms with van der Waals surface area (Å²) in [5.41, 5.74) is 4.99. The monoisotopic (exact) mass is 399 g/mol. The van der Waals surface area contributed by atoms with Crippen molar-refractivity contribution in [3.63, 3.8) is 0 Å². The molecule has 0 unspecified atom stereocenters. The van der Waals surface area contributed by atoms with Crippen LogP contribution in [0.25, 0.3) is 6.08 Å². The molecule has 0 fully saturated rings. The van der Waals surface area contributed by atoms with Crippen molar-refractivity contribution in [3.05, 3.63) is 54.5 Å². The number of H-pyrrole nitrogens is 1. The number of ether oxygens (including phenoxy) is 1. The van der Waals surface area contributed by atoms with E-state index in [9.17, 15) is 24.4 Å². The number of aromatic nitrogens is 3. The van der Waals surface area contributed by atoms with E-state index in [4.69, 9.17) is 10.5 Å². The molecule has 0 radical (unpaired) electrons. The van der Waals surface area contributed by atoms with Gasteiger partial charge in [0.05, 0.1) is 12.2 Å². The summed E-state index contributed by atoms with van der Waals surface area (Å²) in [4.78, 5) is 52.3. The van der Waals surface area contributed by atoms with Gasteiger partial charge in [0.25, 0.3) is 5.56 Å². The van der Waals surface area contributed by atoms with Crippen LogP contribution in [0.5, 0.6) is 0 Å². The van der Waals surface area contributed by atoms with Crippen molar-refractivity contribution in [1.29, 1.82) is 5.26 Å². The summed E-state index contributed by atoms with van der Waals surface area (Å²) in [6, 6.07) is 1.75. The van der Waals surface area contributed by atoms with E-state index in [2.05, 4.69) is 4.98 Å². The fourth-order valence-electron chi connectivity index (χ4n) is 2.93. The highest BCUT2D eigenvalue weighted by molar-refractivity contribution is 6.16. The quantitative estimate of drug-likeness (QED) is 0.323. The summed E-state index contributed by atoms with van der Waals surface area (Å²) >= 11 is 0. The highest BCUT2D eigenvalue weighted by Gasteiger charge is 2.25. The first-order chi connectivity index (χ1) is 13.6. The first kappa shape index (κ1) is 21.4. The standard InChI is InChI=1S/C19H21N5O5/c1-6-29-18(27)13-9(2)12(22-10(13)3)7-11(8-20)15(25)14-16(21)23(4)19(28)24(5)17(14)26/h7,22H,6,21H2,1-5H3/b11-7+. The fourth-order valence-corrected chi connectivity index (χ4v) is 2.93. The number of nitrogens with zero attached hydrogens (tertiary/aromatic N) is 3. The summed E-state index contributed by atoms with van der Waals surface area (Å²) in [6.45, 7) is 5.18. The zero-order valence-corrected chi connectivity index (χ0v) is 16.7. The maximum absolute atomic E-state index is 12.9. The van der Waals surface area contributed by atoms with Crippen LogP contribution in [0, 0.1) is 25.2 Å². The molecule has 0 aliphatic rings. The van der Waals surface area contributed by atoms with Gasteiger partial charge < -0.3 is 15.5 Å². The minimum absolute atomic E-state index is 0.200. The van der Waals surface area contributed by atoms with Gasteiger partial charge in [0.2, 0.25) is 5.78 Å². The van der Waals surface area contributed by atoms with Crippen LogP contribution in [0.15, 0.2) is 15.2 Å². The summed E-state index contributed by atoms with van der Waals surface area (Å²) in [5.74, 6) is -1.79. The molecule has 0 atom stereocenters. The van der Waals surface area contributed by atoms with Crippen molar-refractivity contribution >= 4 is 23.6 Å². The van der Waals surface area contributed by atoms with Crippen molar-refractivity contribution in [3.8, 4) is 6.07 Å². The number of carbonyl (C=O) groups is 2. The summed E-state index contributed by atoms with van der Waals surface area (Å²) < 4.78 is 6.70. The van der Waals surface area contributed by atoms with Crippen molar-refractivity contribution < 1.29 is 14.3 Å². The number of aromatic amines is 1. The van der Waals surface area contributed by atoms with Crippen LogP contribution in [0.3, 0.4) is 0 Å². The van der Waals surface area contributed by atoms with Crippen molar-refractivity contribution in [2.24, 2.45) is 14.1 Å². The number of carbonyl (C=O) groups excluding carboxylic acids is 2. The Labute approximate surface area is 165 Å². The van der Waals surface area contributed by atoms with E-state index >= 15 is 0 Å². The van der Waals surface area contributed by atoms with Gasteiger partial charge in [-0.2, -0.15) is 5.26 Å². The number of nitrogen functional groups attached to an aromatic ring is 1. The molecular formula is C19H21N5O5. The predicted octanol–water partition coefficient (Wildman–Crippen LogP) is 0.578. The van der Waals surface area contributed by atoms with Gasteiger partial charge in [0.15, 0.2) is 0 Å². The Balaban J connectivity index is 2.64. The molecule has 2 heterocycles. The Morgan fingerprint density at radius 1 is 1.21 bits per heavy atom. The third kappa shape index (κ3) is 3.62. The van der Waals surface area contributed by atoms with Crippen LogP contribution >= 0.6 is 0 Å². The van der Waals surface area contributed by atoms with Gasteiger partial charge in [-0.25, -0.2) is 9.59 Å².